The molecule has 4 aliphatic carbocycles. The predicted octanol–water partition coefficient (Wildman–Crippen LogP) is 4.13. The summed E-state index contributed by atoms with van der Waals surface area (Å²) in [6.45, 7) is 8.11. The molecule has 1 N–H and O–H groups in total. The van der Waals surface area contributed by atoms with Crippen LogP contribution in [-0.4, -0.2) is 33.3 Å². The van der Waals surface area contributed by atoms with E-state index < -0.39 is 12.1 Å². The summed E-state index contributed by atoms with van der Waals surface area (Å²) >= 11 is 6.38. The second kappa shape index (κ2) is 7.60. The smallest absolute Gasteiger partial charge is 0.343 e. The van der Waals surface area contributed by atoms with Gasteiger partial charge in [0.15, 0.2) is 6.10 Å². The quantitative estimate of drug-likeness (QED) is 0.701. The fraction of sp³-hybridized carbons (Fsp3) is 0.773. The van der Waals surface area contributed by atoms with E-state index in [0.717, 1.165) is 37.0 Å². The van der Waals surface area contributed by atoms with Crippen LogP contribution in [0.2, 0.25) is 5.15 Å². The normalized spacial score (nSPS) is 31.2. The first-order chi connectivity index (χ1) is 13.7. The lowest BCUT2D eigenvalue weighted by Gasteiger charge is -2.57. The molecule has 1 atom stereocenters. The third-order valence-electron chi connectivity index (χ3n) is 6.89. The van der Waals surface area contributed by atoms with Gasteiger partial charge in [-0.1, -0.05) is 25.4 Å². The molecule has 4 fully saturated rings. The van der Waals surface area contributed by atoms with Crippen molar-refractivity contribution in [3.05, 3.63) is 16.4 Å². The van der Waals surface area contributed by atoms with Gasteiger partial charge in [0.25, 0.3) is 5.91 Å². The summed E-state index contributed by atoms with van der Waals surface area (Å²) in [5.41, 5.74) is 0.679. The number of nitrogens with one attached hydrogen (secondary N) is 1. The molecule has 1 aromatic rings. The van der Waals surface area contributed by atoms with Gasteiger partial charge in [0.2, 0.25) is 0 Å². The van der Waals surface area contributed by atoms with Crippen molar-refractivity contribution < 1.29 is 14.3 Å². The molecule has 4 bridgehead atoms. The van der Waals surface area contributed by atoms with Crippen LogP contribution in [0.4, 0.5) is 0 Å². The lowest BCUT2D eigenvalue weighted by Crippen LogP contribution is -2.61. The van der Waals surface area contributed by atoms with Crippen molar-refractivity contribution in [3.8, 4) is 0 Å². The van der Waals surface area contributed by atoms with Gasteiger partial charge in [-0.3, -0.25) is 9.48 Å². The lowest BCUT2D eigenvalue weighted by atomic mass is 9.53. The van der Waals surface area contributed by atoms with Gasteiger partial charge in [0.1, 0.15) is 10.7 Å². The average molecular weight is 422 g/mol. The third-order valence-corrected chi connectivity index (χ3v) is 7.27. The van der Waals surface area contributed by atoms with E-state index in [1.54, 1.807) is 18.5 Å². The highest BCUT2D eigenvalue weighted by Crippen LogP contribution is 2.55. The Morgan fingerprint density at radius 1 is 1.17 bits per heavy atom. The van der Waals surface area contributed by atoms with Gasteiger partial charge in [0.05, 0.1) is 5.69 Å². The Bertz CT molecular complexity index is 781. The van der Waals surface area contributed by atoms with Crippen LogP contribution in [0.3, 0.4) is 0 Å². The van der Waals surface area contributed by atoms with Crippen LogP contribution in [0.25, 0.3) is 0 Å². The van der Waals surface area contributed by atoms with Crippen LogP contribution in [-0.2, 0) is 16.1 Å². The molecule has 7 heteroatoms. The second-order valence-electron chi connectivity index (χ2n) is 10.1. The molecule has 29 heavy (non-hydrogen) atoms. The zero-order chi connectivity index (χ0) is 20.9. The van der Waals surface area contributed by atoms with E-state index in [4.69, 9.17) is 16.3 Å². The molecule has 4 aliphatic rings. The third kappa shape index (κ3) is 4.05. The number of aromatic nitrogens is 2. The number of nitrogens with zero attached hydrogens (tertiary/aromatic N) is 2. The summed E-state index contributed by atoms with van der Waals surface area (Å²) in [4.78, 5) is 25.6. The van der Waals surface area contributed by atoms with Crippen LogP contribution in [0.5, 0.6) is 0 Å². The van der Waals surface area contributed by atoms with Gasteiger partial charge in [-0.2, -0.15) is 5.10 Å². The lowest BCUT2D eigenvalue weighted by molar-refractivity contribution is -0.134. The first-order valence-corrected chi connectivity index (χ1v) is 11.3. The summed E-state index contributed by atoms with van der Waals surface area (Å²) in [6, 6.07) is 0. The Balaban J connectivity index is 1.40. The number of ether oxygens (including phenoxy) is 1. The summed E-state index contributed by atoms with van der Waals surface area (Å²) in [5, 5.41) is 7.90. The van der Waals surface area contributed by atoms with E-state index in [1.807, 2.05) is 0 Å². The van der Waals surface area contributed by atoms with E-state index in [1.165, 1.54) is 19.3 Å². The number of aryl methyl sites for hydroxylation is 1. The van der Waals surface area contributed by atoms with E-state index in [-0.39, 0.29) is 22.2 Å². The minimum absolute atomic E-state index is 0.0950. The first kappa shape index (κ1) is 20.7. The number of amides is 1. The molecule has 0 saturated heterocycles. The van der Waals surface area contributed by atoms with Crippen molar-refractivity contribution in [1.82, 2.24) is 15.1 Å². The molecule has 1 heterocycles. The number of carbonyl (C=O) groups is 2. The van der Waals surface area contributed by atoms with Crippen molar-refractivity contribution in [2.45, 2.75) is 84.4 Å². The number of carbonyl (C=O) groups excluding carboxylic acids is 2. The van der Waals surface area contributed by atoms with Gasteiger partial charge in [-0.05, 0) is 76.0 Å². The highest BCUT2D eigenvalue weighted by molar-refractivity contribution is 6.32. The van der Waals surface area contributed by atoms with E-state index in [0.29, 0.717) is 18.2 Å². The van der Waals surface area contributed by atoms with E-state index in [2.05, 4.69) is 24.3 Å². The van der Waals surface area contributed by atoms with Crippen LogP contribution in [0, 0.1) is 30.6 Å². The minimum atomic E-state index is -0.862. The molecule has 0 unspecified atom stereocenters. The maximum absolute atomic E-state index is 12.9. The van der Waals surface area contributed by atoms with E-state index >= 15 is 0 Å². The molecular weight excluding hydrogens is 390 g/mol. The summed E-state index contributed by atoms with van der Waals surface area (Å²) < 4.78 is 7.13. The van der Waals surface area contributed by atoms with Crippen LogP contribution in [0.15, 0.2) is 0 Å². The maximum Gasteiger partial charge on any atom is 0.343 e. The molecule has 0 radical (unpaired) electrons. The SMILES string of the molecule is Cc1nn(CC(C)C)c(Cl)c1C(=O)O[C@@H](C)C(=O)NC12CC3CC(CC(C3)C1)C2. The monoisotopic (exact) mass is 421 g/mol. The number of hydrogen-bond acceptors (Lipinski definition) is 4. The highest BCUT2D eigenvalue weighted by Gasteiger charge is 2.51. The first-order valence-electron chi connectivity index (χ1n) is 10.9. The molecule has 6 nitrogen and oxygen atoms in total. The molecule has 160 valence electrons. The fourth-order valence-electron chi connectivity index (χ4n) is 6.15. The molecule has 4 saturated carbocycles. The zero-order valence-electron chi connectivity index (χ0n) is 17.8. The number of halogens is 1. The average Bonchev–Trinajstić information content (AvgIpc) is 2.86. The Kier molecular flexibility index (Phi) is 5.43. The molecular formula is C22H32ClN3O3. The highest BCUT2D eigenvalue weighted by atomic mass is 35.5. The number of rotatable bonds is 6. The largest absolute Gasteiger partial charge is 0.449 e. The molecule has 1 amide bonds. The van der Waals surface area contributed by atoms with Crippen LogP contribution in [0.1, 0.15) is 75.3 Å². The van der Waals surface area contributed by atoms with Gasteiger partial charge in [-0.15, -0.1) is 0 Å². The fourth-order valence-corrected chi connectivity index (χ4v) is 6.47. The Morgan fingerprint density at radius 2 is 1.72 bits per heavy atom. The predicted molar refractivity (Wildman–Crippen MR) is 111 cm³/mol. The van der Waals surface area contributed by atoms with Gasteiger partial charge >= 0.3 is 5.97 Å². The van der Waals surface area contributed by atoms with Gasteiger partial charge in [-0.25, -0.2) is 4.79 Å². The van der Waals surface area contributed by atoms with Crippen molar-refractivity contribution in [2.24, 2.45) is 23.7 Å². The Labute approximate surface area is 177 Å². The topological polar surface area (TPSA) is 73.2 Å². The van der Waals surface area contributed by atoms with Crippen molar-refractivity contribution in [2.75, 3.05) is 0 Å². The standard InChI is InChI=1S/C22H32ClN3O3/c1-12(2)11-26-19(23)18(13(3)25-26)21(28)29-14(4)20(27)24-22-8-15-5-16(9-22)7-17(6-15)10-22/h12,14-17H,5-11H2,1-4H3,(H,24,27)/t14-,15?,16?,17?,22?/m0/s1. The maximum atomic E-state index is 12.9. The summed E-state index contributed by atoms with van der Waals surface area (Å²) in [6.07, 6.45) is 6.29. The van der Waals surface area contributed by atoms with Crippen molar-refractivity contribution >= 4 is 23.5 Å². The Morgan fingerprint density at radius 3 is 2.24 bits per heavy atom. The molecule has 0 aliphatic heterocycles. The van der Waals surface area contributed by atoms with Gasteiger partial charge in [0, 0.05) is 12.1 Å². The number of esters is 1. The van der Waals surface area contributed by atoms with Crippen LogP contribution >= 0.6 is 11.6 Å². The van der Waals surface area contributed by atoms with Crippen molar-refractivity contribution in [1.29, 1.82) is 0 Å². The van der Waals surface area contributed by atoms with E-state index in [9.17, 15) is 9.59 Å². The minimum Gasteiger partial charge on any atom is -0.449 e. The Hall–Kier alpha value is -1.56. The zero-order valence-corrected chi connectivity index (χ0v) is 18.6. The molecule has 0 spiro atoms. The molecule has 0 aromatic carbocycles. The van der Waals surface area contributed by atoms with Crippen molar-refractivity contribution in [3.63, 3.8) is 0 Å². The summed E-state index contributed by atoms with van der Waals surface area (Å²) in [7, 11) is 0. The number of hydrogen-bond donors (Lipinski definition) is 1. The molecule has 1 aromatic heterocycles. The second-order valence-corrected chi connectivity index (χ2v) is 10.4. The van der Waals surface area contributed by atoms with Crippen LogP contribution < -0.4 is 5.32 Å². The van der Waals surface area contributed by atoms with Gasteiger partial charge < -0.3 is 10.1 Å². The summed E-state index contributed by atoms with van der Waals surface area (Å²) in [5.74, 6) is 1.79. The molecule has 5 rings (SSSR count).